The maximum atomic E-state index is 2.47. The smallest absolute Gasteiger partial charge is 0.0547 e. The molecule has 0 saturated heterocycles. The predicted octanol–water partition coefficient (Wildman–Crippen LogP) is 30.1. The van der Waals surface area contributed by atoms with E-state index in [0.29, 0.717) is 0 Å². The van der Waals surface area contributed by atoms with Crippen LogP contribution in [0, 0.1) is 0 Å². The van der Waals surface area contributed by atoms with Crippen molar-refractivity contribution >= 4 is 99.3 Å². The van der Waals surface area contributed by atoms with Gasteiger partial charge in [-0.25, -0.2) is 0 Å². The van der Waals surface area contributed by atoms with Gasteiger partial charge in [0.25, 0.3) is 0 Å². The first-order valence-electron chi connectivity index (χ1n) is 39.9. The molecule has 114 heavy (non-hydrogen) atoms. The van der Waals surface area contributed by atoms with Crippen molar-refractivity contribution in [3.05, 3.63) is 411 Å². The standard InChI is InChI=1S/2C55H38N2/c1-55(2)46-21-9-8-18-45(46)52-47(55)22-12-24-48(52)56(38-28-25-36(26-29-38)35-13-4-3-5-14-35)39-30-32-40(33-31-39)57-49-23-11-20-44-42-17-7-6-16-41(42)43-19-10-15-37-27-34-50(57)54(51(37)43)53(44)49;1-55(2)48-20-9-8-17-44(48)45-32-31-41(34-49(45)55)56(38-25-22-36(23-26-38)35-12-4-3-5-13-35)39-27-29-40(30-28-39)57-50-21-11-19-47-43-16-7-6-15-42(43)46-18-10-14-37-24-33-51(57)54(52(37)46)53(47)50/h2*3-34H,1-2H3. The fraction of sp³-hybridized carbons (Fsp3) is 0.0545. The second-order valence-corrected chi connectivity index (χ2v) is 32.2. The van der Waals surface area contributed by atoms with E-state index in [1.807, 2.05) is 0 Å². The molecule has 0 spiro atoms. The Hall–Kier alpha value is -14.3. The first-order valence-corrected chi connectivity index (χ1v) is 39.9. The largest absolute Gasteiger partial charge is 0.310 e. The first-order chi connectivity index (χ1) is 56.1. The number of hydrogen-bond donors (Lipinski definition) is 0. The molecule has 4 heteroatoms. The topological polar surface area (TPSA) is 16.3 Å². The lowest BCUT2D eigenvalue weighted by Gasteiger charge is -2.29. The zero-order chi connectivity index (χ0) is 75.7. The highest BCUT2D eigenvalue weighted by molar-refractivity contribution is 6.32. The highest BCUT2D eigenvalue weighted by Gasteiger charge is 2.39. The van der Waals surface area contributed by atoms with Crippen LogP contribution in [0.1, 0.15) is 49.9 Å². The summed E-state index contributed by atoms with van der Waals surface area (Å²) in [5, 5.41) is 10.5. The van der Waals surface area contributed by atoms with Crippen molar-refractivity contribution in [1.29, 1.82) is 0 Å². The van der Waals surface area contributed by atoms with E-state index in [1.165, 1.54) is 182 Å². The lowest BCUT2D eigenvalue weighted by Crippen LogP contribution is -2.16. The summed E-state index contributed by atoms with van der Waals surface area (Å²) >= 11 is 0. The van der Waals surface area contributed by atoms with Crippen molar-refractivity contribution in [2.24, 2.45) is 0 Å². The highest BCUT2D eigenvalue weighted by Crippen LogP contribution is 2.57. The van der Waals surface area contributed by atoms with Gasteiger partial charge in [0.2, 0.25) is 0 Å². The summed E-state index contributed by atoms with van der Waals surface area (Å²) in [5.74, 6) is 0. The highest BCUT2D eigenvalue weighted by atomic mass is 15.2. The Labute approximate surface area is 663 Å². The van der Waals surface area contributed by atoms with Crippen molar-refractivity contribution < 1.29 is 0 Å². The lowest BCUT2D eigenvalue weighted by molar-refractivity contribution is 0.660. The molecule has 0 unspecified atom stereocenters. The summed E-state index contributed by atoms with van der Waals surface area (Å²) in [6.07, 6.45) is 0. The average Bonchev–Trinajstić information content (AvgIpc) is 1.54. The molecule has 0 saturated carbocycles. The van der Waals surface area contributed by atoms with Gasteiger partial charge in [0, 0.05) is 77.8 Å². The van der Waals surface area contributed by atoms with E-state index in [0.717, 1.165) is 39.8 Å². The molecule has 536 valence electrons. The molecule has 2 heterocycles. The van der Waals surface area contributed by atoms with Crippen molar-refractivity contribution in [2.45, 2.75) is 38.5 Å². The van der Waals surface area contributed by atoms with E-state index in [4.69, 9.17) is 0 Å². The van der Waals surface area contributed by atoms with Gasteiger partial charge in [-0.2, -0.15) is 0 Å². The van der Waals surface area contributed by atoms with Gasteiger partial charge in [-0.1, -0.05) is 301 Å². The van der Waals surface area contributed by atoms with Crippen LogP contribution in [-0.4, -0.2) is 9.13 Å². The average molecular weight is 1450 g/mol. The summed E-state index contributed by atoms with van der Waals surface area (Å²) in [4.78, 5) is 4.87. The van der Waals surface area contributed by atoms with E-state index in [1.54, 1.807) is 0 Å². The molecule has 0 N–H and O–H groups in total. The summed E-state index contributed by atoms with van der Waals surface area (Å²) in [6, 6.07) is 144. The van der Waals surface area contributed by atoms with Crippen LogP contribution in [0.15, 0.2) is 388 Å². The lowest BCUT2D eigenvalue weighted by atomic mass is 9.82. The molecule has 0 atom stereocenters. The molecule has 2 aromatic heterocycles. The second-order valence-electron chi connectivity index (χ2n) is 32.2. The van der Waals surface area contributed by atoms with Crippen LogP contribution in [0.2, 0.25) is 0 Å². The van der Waals surface area contributed by atoms with Crippen molar-refractivity contribution in [2.75, 3.05) is 9.80 Å². The van der Waals surface area contributed by atoms with Crippen molar-refractivity contribution in [1.82, 2.24) is 9.13 Å². The molecule has 0 radical (unpaired) electrons. The minimum absolute atomic E-state index is 0.100. The minimum atomic E-state index is -0.100. The van der Waals surface area contributed by atoms with Gasteiger partial charge in [-0.05, 0) is 243 Å². The third-order valence-corrected chi connectivity index (χ3v) is 25.5. The van der Waals surface area contributed by atoms with Crippen LogP contribution in [0.5, 0.6) is 0 Å². The van der Waals surface area contributed by atoms with Gasteiger partial charge in [-0.3, -0.25) is 0 Å². The Morgan fingerprint density at radius 3 is 1.02 bits per heavy atom. The van der Waals surface area contributed by atoms with Gasteiger partial charge in [0.1, 0.15) is 0 Å². The van der Waals surface area contributed by atoms with Crippen molar-refractivity contribution in [3.8, 4) is 100 Å². The molecule has 18 aromatic carbocycles. The zero-order valence-corrected chi connectivity index (χ0v) is 63.7. The Morgan fingerprint density at radius 2 is 0.535 bits per heavy atom. The molecule has 4 aliphatic rings. The van der Waals surface area contributed by atoms with Crippen LogP contribution < -0.4 is 9.80 Å². The molecule has 0 fully saturated rings. The number of rotatable bonds is 10. The predicted molar refractivity (Wildman–Crippen MR) is 481 cm³/mol. The summed E-state index contributed by atoms with van der Waals surface area (Å²) in [7, 11) is 0. The maximum Gasteiger partial charge on any atom is 0.0547 e. The summed E-state index contributed by atoms with van der Waals surface area (Å²) in [6.45, 7) is 9.43. The number of hydrogen-bond acceptors (Lipinski definition) is 2. The first kappa shape index (κ1) is 65.6. The number of aromatic nitrogens is 2. The van der Waals surface area contributed by atoms with Gasteiger partial charge >= 0.3 is 0 Å². The number of nitrogens with zero attached hydrogens (tertiary/aromatic N) is 4. The van der Waals surface area contributed by atoms with Crippen molar-refractivity contribution in [3.63, 3.8) is 0 Å². The minimum Gasteiger partial charge on any atom is -0.310 e. The SMILES string of the molecule is CC1(C)c2ccccc2-c2c(N(c3ccc(-c4ccccc4)cc3)c3ccc(-n4c5cccc6c5c5c7c(cccc7ccc54)-c4ccccc4-6)cc3)cccc21.CC1(C)c2ccccc2-c2ccc(N(c3ccc(-c4ccccc4)cc3)c3ccc(-n4c5cccc6c5c5c7c(cccc7ccc54)-c4ccccc4-6)cc3)cc21. The fourth-order valence-corrected chi connectivity index (χ4v) is 20.2. The van der Waals surface area contributed by atoms with Gasteiger partial charge < -0.3 is 18.9 Å². The summed E-state index contributed by atoms with van der Waals surface area (Å²) in [5.41, 5.74) is 39.8. The Balaban J connectivity index is 0.000000135. The van der Waals surface area contributed by atoms with E-state index < -0.39 is 0 Å². The molecule has 4 aliphatic carbocycles. The van der Waals surface area contributed by atoms with Gasteiger partial charge in [0.15, 0.2) is 0 Å². The third-order valence-electron chi connectivity index (χ3n) is 25.5. The van der Waals surface area contributed by atoms with Gasteiger partial charge in [0.05, 0.1) is 27.8 Å². The summed E-state index contributed by atoms with van der Waals surface area (Å²) < 4.78 is 4.94. The Bertz CT molecular complexity index is 7360. The second kappa shape index (κ2) is 25.1. The van der Waals surface area contributed by atoms with Crippen LogP contribution in [0.4, 0.5) is 34.1 Å². The van der Waals surface area contributed by atoms with Crippen LogP contribution >= 0.6 is 0 Å². The maximum absolute atomic E-state index is 2.47. The quantitative estimate of drug-likeness (QED) is 0.136. The monoisotopic (exact) mass is 1450 g/mol. The fourth-order valence-electron chi connectivity index (χ4n) is 20.2. The molecule has 0 amide bonds. The van der Waals surface area contributed by atoms with E-state index in [-0.39, 0.29) is 10.8 Å². The molecular formula is C110H76N4. The van der Waals surface area contributed by atoms with Crippen LogP contribution in [0.3, 0.4) is 0 Å². The van der Waals surface area contributed by atoms with Crippen LogP contribution in [0.25, 0.3) is 166 Å². The molecule has 0 aliphatic heterocycles. The molecule has 4 nitrogen and oxygen atoms in total. The zero-order valence-electron chi connectivity index (χ0n) is 63.7. The Morgan fingerprint density at radius 1 is 0.202 bits per heavy atom. The van der Waals surface area contributed by atoms with Crippen LogP contribution in [-0.2, 0) is 10.8 Å². The third kappa shape index (κ3) is 9.71. The Kier molecular flexibility index (Phi) is 14.4. The molecule has 24 rings (SSSR count). The van der Waals surface area contributed by atoms with E-state index in [2.05, 4.69) is 435 Å². The number of benzene rings is 18. The molecule has 20 aromatic rings. The number of fused-ring (bicyclic) bond motifs is 12. The number of anilines is 6. The molecule has 0 bridgehead atoms. The van der Waals surface area contributed by atoms with Gasteiger partial charge in [-0.15, -0.1) is 0 Å². The van der Waals surface area contributed by atoms with E-state index in [9.17, 15) is 0 Å². The normalized spacial score (nSPS) is 13.2. The molecular weight excluding hydrogens is 1380 g/mol. The van der Waals surface area contributed by atoms with E-state index >= 15 is 0 Å².